The average Bonchev–Trinajstić information content (AvgIpc) is 3.78. The molecule has 278 valence electrons. The van der Waals surface area contributed by atoms with Crippen molar-refractivity contribution in [2.24, 2.45) is 0 Å². The topological polar surface area (TPSA) is 167 Å². The Morgan fingerprint density at radius 2 is 1.62 bits per heavy atom. The summed E-state index contributed by atoms with van der Waals surface area (Å²) in [7, 11) is 1.28. The van der Waals surface area contributed by atoms with Gasteiger partial charge in [-0.2, -0.15) is 0 Å². The number of nitrogens with zero attached hydrogens (tertiary/aromatic N) is 2. The molecule has 0 amide bonds. The van der Waals surface area contributed by atoms with Gasteiger partial charge in [0.1, 0.15) is 0 Å². The minimum atomic E-state index is -1.18. The number of aromatic amines is 2. The Bertz CT molecular complexity index is 2070. The van der Waals surface area contributed by atoms with E-state index in [1.165, 1.54) is 13.5 Å². The number of methoxy groups -OCH3 is 1. The fourth-order valence-corrected chi connectivity index (χ4v) is 7.72. The maximum atomic E-state index is 13.0. The molecule has 0 radical (unpaired) electrons. The maximum Gasteiger partial charge on any atom is 0.338 e. The zero-order valence-electron chi connectivity index (χ0n) is 31.7. The Labute approximate surface area is 304 Å². The SMILES string of the molecule is CCCCCCOC(C)c1c(C)c2cc3nc(c(CC(=O)OC)c4nc(cc5[nH]c(cc1[nH]2)c(C)c5CC)C(C)=C4C(=O)O)[C@@H](CCC(=O)O)[C@@H]3C. The van der Waals surface area contributed by atoms with Crippen molar-refractivity contribution in [3.05, 3.63) is 68.8 Å². The molecule has 3 atom stereocenters. The van der Waals surface area contributed by atoms with Crippen molar-refractivity contribution in [1.82, 2.24) is 19.9 Å². The Hall–Kier alpha value is -4.77. The third-order valence-corrected chi connectivity index (χ3v) is 10.7. The zero-order valence-corrected chi connectivity index (χ0v) is 31.7. The predicted molar refractivity (Wildman–Crippen MR) is 202 cm³/mol. The number of aliphatic carboxylic acids is 2. The van der Waals surface area contributed by atoms with E-state index in [0.29, 0.717) is 34.8 Å². The number of allylic oxidation sites excluding steroid dienone is 1. The van der Waals surface area contributed by atoms with Crippen LogP contribution in [0.15, 0.2) is 18.2 Å². The highest BCUT2D eigenvalue weighted by atomic mass is 16.5. The highest BCUT2D eigenvalue weighted by molar-refractivity contribution is 6.24. The Morgan fingerprint density at radius 1 is 0.904 bits per heavy atom. The predicted octanol–water partition coefficient (Wildman–Crippen LogP) is 8.63. The molecule has 8 bridgehead atoms. The number of hydrogen-bond donors (Lipinski definition) is 4. The lowest BCUT2D eigenvalue weighted by Crippen LogP contribution is -2.14. The van der Waals surface area contributed by atoms with Crippen LogP contribution < -0.4 is 0 Å². The van der Waals surface area contributed by atoms with Gasteiger partial charge in [0.2, 0.25) is 0 Å². The number of carboxylic acids is 2. The van der Waals surface area contributed by atoms with E-state index < -0.39 is 23.8 Å². The molecule has 3 aromatic rings. The first-order valence-electron chi connectivity index (χ1n) is 18.4. The molecule has 2 aliphatic rings. The molecular formula is C41H52N4O7. The molecule has 52 heavy (non-hydrogen) atoms. The average molecular weight is 713 g/mol. The molecule has 0 aliphatic carbocycles. The van der Waals surface area contributed by atoms with Crippen LogP contribution in [0.25, 0.3) is 33.2 Å². The molecule has 3 aromatic heterocycles. The second kappa shape index (κ2) is 16.3. The van der Waals surface area contributed by atoms with E-state index >= 15 is 0 Å². The van der Waals surface area contributed by atoms with E-state index in [-0.39, 0.29) is 42.6 Å². The Balaban J connectivity index is 1.92. The number of H-pyrrole nitrogens is 2. The van der Waals surface area contributed by atoms with E-state index in [9.17, 15) is 24.6 Å². The quantitative estimate of drug-likeness (QED) is 0.0945. The van der Waals surface area contributed by atoms with Crippen LogP contribution in [-0.4, -0.2) is 61.8 Å². The van der Waals surface area contributed by atoms with Crippen LogP contribution in [-0.2, 0) is 36.7 Å². The van der Waals surface area contributed by atoms with Gasteiger partial charge in [0.15, 0.2) is 0 Å². The zero-order chi connectivity index (χ0) is 37.9. The third kappa shape index (κ3) is 7.70. The number of fused-ring (bicyclic) bond motifs is 8. The number of esters is 1. The summed E-state index contributed by atoms with van der Waals surface area (Å²) < 4.78 is 11.5. The summed E-state index contributed by atoms with van der Waals surface area (Å²) in [6, 6.07) is 5.97. The molecule has 1 unspecified atom stereocenters. The van der Waals surface area contributed by atoms with Crippen molar-refractivity contribution in [2.45, 2.75) is 118 Å². The first-order chi connectivity index (χ1) is 24.8. The van der Waals surface area contributed by atoms with Crippen molar-refractivity contribution in [3.63, 3.8) is 0 Å². The van der Waals surface area contributed by atoms with E-state index in [1.807, 2.05) is 19.1 Å². The molecule has 5 heterocycles. The minimum absolute atomic E-state index is 0.0231. The summed E-state index contributed by atoms with van der Waals surface area (Å²) in [5.41, 5.74) is 10.2. The van der Waals surface area contributed by atoms with Crippen LogP contribution in [0.1, 0.15) is 142 Å². The largest absolute Gasteiger partial charge is 0.481 e. The summed E-state index contributed by atoms with van der Waals surface area (Å²) in [6.07, 6.45) is 4.80. The smallest absolute Gasteiger partial charge is 0.338 e. The van der Waals surface area contributed by atoms with Crippen molar-refractivity contribution in [2.75, 3.05) is 13.7 Å². The summed E-state index contributed by atoms with van der Waals surface area (Å²) in [5.74, 6) is -3.39. The fraction of sp³-hybridized carbons (Fsp3) is 0.488. The van der Waals surface area contributed by atoms with E-state index in [2.05, 4.69) is 50.7 Å². The number of carboxylic acid groups (broad SMARTS) is 2. The van der Waals surface area contributed by atoms with Gasteiger partial charge in [-0.05, 0) is 87.4 Å². The number of aromatic nitrogens is 4. The van der Waals surface area contributed by atoms with Crippen LogP contribution in [0, 0.1) is 13.8 Å². The lowest BCUT2D eigenvalue weighted by Gasteiger charge is -2.18. The number of aryl methyl sites for hydroxylation is 3. The number of carbonyl (C=O) groups excluding carboxylic acids is 1. The van der Waals surface area contributed by atoms with E-state index in [4.69, 9.17) is 19.4 Å². The standard InChI is InChI=1S/C41H52N4O7/c1-9-11-12-13-16-52-25(7)37-23(5)31-18-30-22(4)27(14-15-35(46)47)39(44-30)28(17-36(48)51-8)40-38(41(49)50)24(6)32(45-40)19-33-26(10-2)21(3)29(42-33)20-34(37)43-31/h18-20,22,25,27,42-43H,9-17H2,1-8H3,(H,46,47)(H,49,50)/t22-,25?,27-/m0/s1. The lowest BCUT2D eigenvalue weighted by atomic mass is 9.84. The van der Waals surface area contributed by atoms with Gasteiger partial charge >= 0.3 is 17.9 Å². The Morgan fingerprint density at radius 3 is 2.27 bits per heavy atom. The van der Waals surface area contributed by atoms with Crippen molar-refractivity contribution < 1.29 is 34.1 Å². The first kappa shape index (κ1) is 38.5. The molecule has 0 saturated carbocycles. The summed E-state index contributed by atoms with van der Waals surface area (Å²) in [6.45, 7) is 14.9. The number of rotatable bonds is 14. The molecule has 0 saturated heterocycles. The van der Waals surface area contributed by atoms with Crippen molar-refractivity contribution >= 4 is 51.1 Å². The number of nitrogens with one attached hydrogen (secondary N) is 2. The number of carbonyl (C=O) groups is 3. The van der Waals surface area contributed by atoms with Crippen LogP contribution in [0.4, 0.5) is 0 Å². The molecular weight excluding hydrogens is 660 g/mol. The minimum Gasteiger partial charge on any atom is -0.481 e. The third-order valence-electron chi connectivity index (χ3n) is 10.7. The number of hydrogen-bond acceptors (Lipinski definition) is 7. The van der Waals surface area contributed by atoms with Gasteiger partial charge in [0, 0.05) is 63.8 Å². The van der Waals surface area contributed by atoms with Gasteiger partial charge in [-0.1, -0.05) is 40.0 Å². The highest BCUT2D eigenvalue weighted by Crippen LogP contribution is 2.44. The molecule has 5 rings (SSSR count). The van der Waals surface area contributed by atoms with Crippen molar-refractivity contribution in [3.8, 4) is 0 Å². The fourth-order valence-electron chi connectivity index (χ4n) is 7.72. The molecule has 4 N–H and O–H groups in total. The number of ether oxygens (including phenoxy) is 2. The monoisotopic (exact) mass is 712 g/mol. The van der Waals surface area contributed by atoms with Gasteiger partial charge in [-0.25, -0.2) is 9.78 Å². The second-order valence-corrected chi connectivity index (χ2v) is 14.0. The normalized spacial score (nSPS) is 16.3. The molecule has 2 aliphatic heterocycles. The molecule has 0 aromatic carbocycles. The summed E-state index contributed by atoms with van der Waals surface area (Å²) in [5, 5.41) is 20.3. The van der Waals surface area contributed by atoms with Gasteiger partial charge in [-0.15, -0.1) is 0 Å². The van der Waals surface area contributed by atoms with Crippen molar-refractivity contribution in [1.29, 1.82) is 0 Å². The summed E-state index contributed by atoms with van der Waals surface area (Å²) in [4.78, 5) is 55.0. The highest BCUT2D eigenvalue weighted by Gasteiger charge is 2.35. The molecule has 11 heteroatoms. The van der Waals surface area contributed by atoms with Crippen LogP contribution in [0.5, 0.6) is 0 Å². The van der Waals surface area contributed by atoms with Gasteiger partial charge in [0.25, 0.3) is 0 Å². The van der Waals surface area contributed by atoms with Crippen LogP contribution in [0.3, 0.4) is 0 Å². The van der Waals surface area contributed by atoms with Gasteiger partial charge < -0.3 is 29.7 Å². The first-order valence-corrected chi connectivity index (χ1v) is 18.4. The molecule has 0 spiro atoms. The van der Waals surface area contributed by atoms with E-state index in [1.54, 1.807) is 6.92 Å². The number of unbranched alkanes of at least 4 members (excludes halogenated alkanes) is 3. The summed E-state index contributed by atoms with van der Waals surface area (Å²) >= 11 is 0. The maximum absolute atomic E-state index is 13.0. The molecule has 0 fully saturated rings. The lowest BCUT2D eigenvalue weighted by molar-refractivity contribution is -0.140. The van der Waals surface area contributed by atoms with Gasteiger partial charge in [-0.3, -0.25) is 14.6 Å². The van der Waals surface area contributed by atoms with Crippen LogP contribution in [0.2, 0.25) is 0 Å². The van der Waals surface area contributed by atoms with Crippen LogP contribution >= 0.6 is 0 Å². The Kier molecular flexibility index (Phi) is 12.0. The van der Waals surface area contributed by atoms with Gasteiger partial charge in [0.05, 0.1) is 42.3 Å². The second-order valence-electron chi connectivity index (χ2n) is 14.0. The molecule has 11 nitrogen and oxygen atoms in total. The van der Waals surface area contributed by atoms with E-state index in [0.717, 1.165) is 70.0 Å².